The van der Waals surface area contributed by atoms with E-state index in [4.69, 9.17) is 4.74 Å². The summed E-state index contributed by atoms with van der Waals surface area (Å²) >= 11 is 0. The van der Waals surface area contributed by atoms with E-state index < -0.39 is 11.7 Å². The third-order valence-electron chi connectivity index (χ3n) is 6.81. The molecule has 1 aromatic heterocycles. The van der Waals surface area contributed by atoms with Gasteiger partial charge in [0, 0.05) is 31.0 Å². The maximum absolute atomic E-state index is 13.0. The number of nitrogens with zero attached hydrogens (tertiary/aromatic N) is 3. The zero-order chi connectivity index (χ0) is 23.0. The molecule has 0 radical (unpaired) electrons. The first-order valence-corrected chi connectivity index (χ1v) is 11.4. The predicted octanol–water partition coefficient (Wildman–Crippen LogP) is 3.41. The molecule has 176 valence electrons. The van der Waals surface area contributed by atoms with Crippen LogP contribution in [0.15, 0.2) is 42.7 Å². The zero-order valence-electron chi connectivity index (χ0n) is 18.2. The molecule has 3 aliphatic rings. The molecule has 3 fully saturated rings. The lowest BCUT2D eigenvalue weighted by Crippen LogP contribution is -2.45. The standard InChI is InChI=1S/C24H27F3N4O2/c25-24(26,27)17-10-22(12-28-11-17)30-8-7-18(13-30)29-23(32)9-16-1-3-19(4-2-16)31-20-5-6-21(31)15-33-14-20/h1-4,10-12,18,20-21H,5-9,13-15H2,(H,29,32). The number of alkyl halides is 3. The minimum Gasteiger partial charge on any atom is -0.377 e. The molecule has 1 N–H and O–H groups in total. The lowest BCUT2D eigenvalue weighted by Gasteiger charge is -2.36. The van der Waals surface area contributed by atoms with Crippen molar-refractivity contribution in [1.82, 2.24) is 10.3 Å². The number of rotatable bonds is 5. The van der Waals surface area contributed by atoms with Crippen LogP contribution in [0.3, 0.4) is 0 Å². The highest BCUT2D eigenvalue weighted by Gasteiger charge is 2.37. The lowest BCUT2D eigenvalue weighted by molar-refractivity contribution is -0.137. The van der Waals surface area contributed by atoms with Gasteiger partial charge >= 0.3 is 6.18 Å². The Hall–Kier alpha value is -2.81. The highest BCUT2D eigenvalue weighted by atomic mass is 19.4. The molecule has 3 atom stereocenters. The Bertz CT molecular complexity index is 982. The Morgan fingerprint density at radius 2 is 1.79 bits per heavy atom. The fourth-order valence-corrected chi connectivity index (χ4v) is 5.17. The summed E-state index contributed by atoms with van der Waals surface area (Å²) in [6, 6.07) is 10.0. The number of amides is 1. The Balaban J connectivity index is 1.14. The molecule has 6 nitrogen and oxygen atoms in total. The number of halogens is 3. The average Bonchev–Trinajstić information content (AvgIpc) is 3.35. The second-order valence-corrected chi connectivity index (χ2v) is 9.10. The van der Waals surface area contributed by atoms with Gasteiger partial charge in [0.05, 0.1) is 49.2 Å². The van der Waals surface area contributed by atoms with Crippen molar-refractivity contribution in [1.29, 1.82) is 0 Å². The maximum Gasteiger partial charge on any atom is 0.417 e. The summed E-state index contributed by atoms with van der Waals surface area (Å²) in [6.07, 6.45) is 1.11. The van der Waals surface area contributed by atoms with Crippen molar-refractivity contribution in [3.63, 3.8) is 0 Å². The van der Waals surface area contributed by atoms with E-state index in [2.05, 4.69) is 27.3 Å². The molecule has 2 bridgehead atoms. The number of morpholine rings is 1. The lowest BCUT2D eigenvalue weighted by atomic mass is 10.1. The summed E-state index contributed by atoms with van der Waals surface area (Å²) < 4.78 is 44.5. The molecule has 3 saturated heterocycles. The molecule has 4 heterocycles. The number of pyridine rings is 1. The minimum absolute atomic E-state index is 0.0804. The third-order valence-corrected chi connectivity index (χ3v) is 6.81. The van der Waals surface area contributed by atoms with Gasteiger partial charge in [-0.1, -0.05) is 12.1 Å². The SMILES string of the molecule is O=C(Cc1ccc(N2C3CCC2COC3)cc1)NC1CCN(c2cncc(C(F)(F)F)c2)C1. The van der Waals surface area contributed by atoms with Crippen molar-refractivity contribution < 1.29 is 22.7 Å². The summed E-state index contributed by atoms with van der Waals surface area (Å²) in [7, 11) is 0. The number of anilines is 2. The Morgan fingerprint density at radius 1 is 1.06 bits per heavy atom. The Morgan fingerprint density at radius 3 is 2.48 bits per heavy atom. The van der Waals surface area contributed by atoms with Gasteiger partial charge in [0.25, 0.3) is 0 Å². The zero-order valence-corrected chi connectivity index (χ0v) is 18.2. The first-order valence-electron chi connectivity index (χ1n) is 11.4. The van der Waals surface area contributed by atoms with E-state index >= 15 is 0 Å². The number of fused-ring (bicyclic) bond motifs is 2. The van der Waals surface area contributed by atoms with E-state index in [0.29, 0.717) is 37.3 Å². The van der Waals surface area contributed by atoms with Crippen molar-refractivity contribution in [2.45, 2.75) is 50.0 Å². The fraction of sp³-hybridized carbons (Fsp3) is 0.500. The van der Waals surface area contributed by atoms with E-state index in [9.17, 15) is 18.0 Å². The highest BCUT2D eigenvalue weighted by molar-refractivity contribution is 5.79. The van der Waals surface area contributed by atoms with Crippen molar-refractivity contribution in [2.24, 2.45) is 0 Å². The van der Waals surface area contributed by atoms with E-state index in [1.54, 1.807) is 0 Å². The second-order valence-electron chi connectivity index (χ2n) is 9.10. The van der Waals surface area contributed by atoms with Gasteiger partial charge in [0.15, 0.2) is 0 Å². The molecule has 5 rings (SSSR count). The van der Waals surface area contributed by atoms with Crippen molar-refractivity contribution in [3.8, 4) is 0 Å². The minimum atomic E-state index is -4.42. The van der Waals surface area contributed by atoms with Crippen molar-refractivity contribution >= 4 is 17.3 Å². The maximum atomic E-state index is 13.0. The summed E-state index contributed by atoms with van der Waals surface area (Å²) in [5.41, 5.74) is 1.78. The number of benzene rings is 1. The first kappa shape index (κ1) is 22.0. The molecule has 3 aliphatic heterocycles. The van der Waals surface area contributed by atoms with Crippen LogP contribution < -0.4 is 15.1 Å². The number of hydrogen-bond acceptors (Lipinski definition) is 5. The van der Waals surface area contributed by atoms with Gasteiger partial charge in [0.1, 0.15) is 0 Å². The first-order chi connectivity index (χ1) is 15.9. The van der Waals surface area contributed by atoms with E-state index in [-0.39, 0.29) is 18.4 Å². The number of hydrogen-bond donors (Lipinski definition) is 1. The summed E-state index contributed by atoms with van der Waals surface area (Å²) in [6.45, 7) is 2.59. The largest absolute Gasteiger partial charge is 0.417 e. The fourth-order valence-electron chi connectivity index (χ4n) is 5.17. The van der Waals surface area contributed by atoms with Gasteiger partial charge in [-0.3, -0.25) is 9.78 Å². The number of carbonyl (C=O) groups is 1. The van der Waals surface area contributed by atoms with Gasteiger partial charge in [-0.25, -0.2) is 0 Å². The van der Waals surface area contributed by atoms with Gasteiger partial charge in [-0.05, 0) is 43.0 Å². The van der Waals surface area contributed by atoms with E-state index in [1.165, 1.54) is 11.9 Å². The molecule has 9 heteroatoms. The smallest absolute Gasteiger partial charge is 0.377 e. The quantitative estimate of drug-likeness (QED) is 0.741. The van der Waals surface area contributed by atoms with Crippen LogP contribution in [-0.2, 0) is 22.1 Å². The van der Waals surface area contributed by atoms with Crippen LogP contribution in [0.1, 0.15) is 30.4 Å². The van der Waals surface area contributed by atoms with Gasteiger partial charge in [0.2, 0.25) is 5.91 Å². The predicted molar refractivity (Wildman–Crippen MR) is 118 cm³/mol. The van der Waals surface area contributed by atoms with Crippen LogP contribution in [0.4, 0.5) is 24.5 Å². The molecule has 3 unspecified atom stereocenters. The third kappa shape index (κ3) is 4.78. The molecular weight excluding hydrogens is 433 g/mol. The number of aromatic nitrogens is 1. The summed E-state index contributed by atoms with van der Waals surface area (Å²) in [4.78, 5) is 20.6. The molecule has 0 saturated carbocycles. The van der Waals surface area contributed by atoms with Crippen LogP contribution in [0.2, 0.25) is 0 Å². The Labute approximate surface area is 190 Å². The number of carbonyl (C=O) groups excluding carboxylic acids is 1. The van der Waals surface area contributed by atoms with Crippen LogP contribution in [0.5, 0.6) is 0 Å². The summed E-state index contributed by atoms with van der Waals surface area (Å²) in [5.74, 6) is -0.0804. The van der Waals surface area contributed by atoms with E-state index in [1.807, 2.05) is 17.0 Å². The molecule has 33 heavy (non-hydrogen) atoms. The van der Waals surface area contributed by atoms with Crippen LogP contribution >= 0.6 is 0 Å². The van der Waals surface area contributed by atoms with E-state index in [0.717, 1.165) is 43.9 Å². The summed E-state index contributed by atoms with van der Waals surface area (Å²) in [5, 5.41) is 3.02. The molecule has 1 aromatic carbocycles. The monoisotopic (exact) mass is 460 g/mol. The highest BCUT2D eigenvalue weighted by Crippen LogP contribution is 2.34. The number of ether oxygens (including phenoxy) is 1. The molecule has 0 aliphatic carbocycles. The second kappa shape index (κ2) is 8.85. The molecule has 2 aromatic rings. The van der Waals surface area contributed by atoms with Crippen LogP contribution in [0.25, 0.3) is 0 Å². The number of nitrogens with one attached hydrogen (secondary N) is 1. The van der Waals surface area contributed by atoms with Crippen LogP contribution in [0, 0.1) is 0 Å². The van der Waals surface area contributed by atoms with Crippen LogP contribution in [-0.4, -0.2) is 55.3 Å². The van der Waals surface area contributed by atoms with Crippen molar-refractivity contribution in [3.05, 3.63) is 53.9 Å². The van der Waals surface area contributed by atoms with Gasteiger partial charge in [-0.2, -0.15) is 13.2 Å². The molecular formula is C24H27F3N4O2. The Kier molecular flexibility index (Phi) is 5.90. The van der Waals surface area contributed by atoms with Crippen molar-refractivity contribution in [2.75, 3.05) is 36.1 Å². The molecule has 1 amide bonds. The normalized spacial score (nSPS) is 24.9. The topological polar surface area (TPSA) is 57.7 Å². The van der Waals surface area contributed by atoms with Gasteiger partial charge < -0.3 is 19.9 Å². The average molecular weight is 461 g/mol. The molecule has 0 spiro atoms. The van der Waals surface area contributed by atoms with Gasteiger partial charge in [-0.15, -0.1) is 0 Å².